The van der Waals surface area contributed by atoms with Crippen LogP contribution in [0.3, 0.4) is 0 Å². The highest BCUT2D eigenvalue weighted by Crippen LogP contribution is 2.25. The molecule has 3 aromatic rings. The molecule has 0 aliphatic carbocycles. The molecule has 2 aromatic carbocycles. The lowest BCUT2D eigenvalue weighted by atomic mass is 10.2. The maximum atomic E-state index is 13.5. The fourth-order valence-electron chi connectivity index (χ4n) is 2.50. The van der Waals surface area contributed by atoms with Crippen molar-refractivity contribution in [2.45, 2.75) is 6.54 Å². The normalized spacial score (nSPS) is 11.4. The molecule has 0 aliphatic rings. The minimum absolute atomic E-state index is 0.220. The Balaban J connectivity index is 2.14. The lowest BCUT2D eigenvalue weighted by molar-refractivity contribution is 0.0995. The van der Waals surface area contributed by atoms with Gasteiger partial charge in [0, 0.05) is 6.07 Å². The van der Waals surface area contributed by atoms with Gasteiger partial charge in [0.2, 0.25) is 0 Å². The molecule has 1 amide bonds. The molecule has 0 saturated carbocycles. The van der Waals surface area contributed by atoms with E-state index in [1.165, 1.54) is 37.7 Å². The summed E-state index contributed by atoms with van der Waals surface area (Å²) in [5.41, 5.74) is 1.02. The number of nitrogens with zero attached hydrogens (tertiary/aromatic N) is 2. The number of hydrogen-bond acceptors (Lipinski definition) is 4. The molecular formula is C19H15FN2O3S. The van der Waals surface area contributed by atoms with E-state index in [1.807, 2.05) is 0 Å². The van der Waals surface area contributed by atoms with Crippen LogP contribution in [0.25, 0.3) is 10.2 Å². The van der Waals surface area contributed by atoms with E-state index < -0.39 is 5.91 Å². The molecule has 0 N–H and O–H groups in total. The van der Waals surface area contributed by atoms with E-state index in [9.17, 15) is 9.18 Å². The molecular weight excluding hydrogens is 355 g/mol. The van der Waals surface area contributed by atoms with Crippen molar-refractivity contribution in [2.24, 2.45) is 4.99 Å². The van der Waals surface area contributed by atoms with E-state index in [-0.39, 0.29) is 12.4 Å². The maximum absolute atomic E-state index is 13.5. The zero-order chi connectivity index (χ0) is 18.7. The highest BCUT2D eigenvalue weighted by molar-refractivity contribution is 7.16. The zero-order valence-electron chi connectivity index (χ0n) is 14.2. The minimum atomic E-state index is -0.484. The number of methoxy groups -OCH3 is 2. The van der Waals surface area contributed by atoms with Crippen molar-refractivity contribution in [3.8, 4) is 23.8 Å². The number of hydrogen-bond donors (Lipinski definition) is 0. The van der Waals surface area contributed by atoms with Crippen LogP contribution in [0.4, 0.5) is 4.39 Å². The predicted molar refractivity (Wildman–Crippen MR) is 98.0 cm³/mol. The molecule has 3 rings (SSSR count). The average molecular weight is 370 g/mol. The van der Waals surface area contributed by atoms with Gasteiger partial charge in [-0.05, 0) is 30.3 Å². The van der Waals surface area contributed by atoms with Gasteiger partial charge in [-0.25, -0.2) is 4.39 Å². The van der Waals surface area contributed by atoms with E-state index in [0.29, 0.717) is 26.6 Å². The van der Waals surface area contributed by atoms with Crippen molar-refractivity contribution in [3.63, 3.8) is 0 Å². The number of terminal acetylenes is 1. The van der Waals surface area contributed by atoms with Crippen LogP contribution in [-0.2, 0) is 6.54 Å². The van der Waals surface area contributed by atoms with Crippen molar-refractivity contribution in [1.82, 2.24) is 4.57 Å². The molecule has 0 fully saturated rings. The first-order valence-corrected chi connectivity index (χ1v) is 8.42. The summed E-state index contributed by atoms with van der Waals surface area (Å²) in [5.74, 6) is 2.61. The lowest BCUT2D eigenvalue weighted by Crippen LogP contribution is -2.16. The smallest absolute Gasteiger partial charge is 0.283 e. The molecule has 0 unspecified atom stereocenters. The van der Waals surface area contributed by atoms with E-state index in [2.05, 4.69) is 10.9 Å². The number of ether oxygens (including phenoxy) is 2. The summed E-state index contributed by atoms with van der Waals surface area (Å²) in [5, 5.41) is 0. The lowest BCUT2D eigenvalue weighted by Gasteiger charge is -2.07. The van der Waals surface area contributed by atoms with Gasteiger partial charge < -0.3 is 14.0 Å². The van der Waals surface area contributed by atoms with Crippen LogP contribution in [-0.4, -0.2) is 24.7 Å². The van der Waals surface area contributed by atoms with Gasteiger partial charge in [0.1, 0.15) is 17.3 Å². The van der Waals surface area contributed by atoms with Crippen LogP contribution >= 0.6 is 11.3 Å². The molecule has 0 spiro atoms. The number of fused-ring (bicyclic) bond motifs is 1. The molecule has 0 atom stereocenters. The largest absolute Gasteiger partial charge is 0.497 e. The standard InChI is InChI=1S/C19H15FN2O3S/c1-4-9-22-15-8-5-12(20)10-17(15)26-19(22)21-18(23)14-7-6-13(24-2)11-16(14)25-3/h1,5-8,10-11H,9H2,2-3H3. The molecule has 1 aromatic heterocycles. The van der Waals surface area contributed by atoms with Crippen molar-refractivity contribution >= 4 is 27.5 Å². The Morgan fingerprint density at radius 2 is 2.08 bits per heavy atom. The second-order valence-electron chi connectivity index (χ2n) is 5.27. The molecule has 0 aliphatic heterocycles. The summed E-state index contributed by atoms with van der Waals surface area (Å²) < 4.78 is 26.2. The van der Waals surface area contributed by atoms with Crippen molar-refractivity contribution in [3.05, 3.63) is 52.6 Å². The molecule has 0 radical (unpaired) electrons. The maximum Gasteiger partial charge on any atom is 0.283 e. The van der Waals surface area contributed by atoms with Gasteiger partial charge in [-0.2, -0.15) is 4.99 Å². The Morgan fingerprint density at radius 1 is 1.27 bits per heavy atom. The van der Waals surface area contributed by atoms with Crippen LogP contribution < -0.4 is 14.3 Å². The molecule has 0 bridgehead atoms. The second kappa shape index (κ2) is 7.42. The molecule has 0 saturated heterocycles. The predicted octanol–water partition coefficient (Wildman–Crippen LogP) is 3.23. The third kappa shape index (κ3) is 3.32. The van der Waals surface area contributed by atoms with Crippen molar-refractivity contribution in [2.75, 3.05) is 14.2 Å². The third-order valence-corrected chi connectivity index (χ3v) is 4.77. The highest BCUT2D eigenvalue weighted by Gasteiger charge is 2.14. The first-order chi connectivity index (χ1) is 12.6. The number of carbonyl (C=O) groups is 1. The van der Waals surface area contributed by atoms with E-state index >= 15 is 0 Å². The van der Waals surface area contributed by atoms with Gasteiger partial charge in [0.15, 0.2) is 4.80 Å². The Bertz CT molecular complexity index is 1090. The minimum Gasteiger partial charge on any atom is -0.497 e. The number of rotatable bonds is 4. The monoisotopic (exact) mass is 370 g/mol. The Kier molecular flexibility index (Phi) is 5.05. The average Bonchev–Trinajstić information content (AvgIpc) is 2.97. The van der Waals surface area contributed by atoms with Crippen molar-refractivity contribution in [1.29, 1.82) is 0 Å². The van der Waals surface area contributed by atoms with Gasteiger partial charge in [0.05, 0.1) is 36.5 Å². The molecule has 26 heavy (non-hydrogen) atoms. The topological polar surface area (TPSA) is 52.8 Å². The Labute approximate surface area is 153 Å². The second-order valence-corrected chi connectivity index (χ2v) is 6.28. The van der Waals surface area contributed by atoms with Gasteiger partial charge in [-0.3, -0.25) is 4.79 Å². The zero-order valence-corrected chi connectivity index (χ0v) is 15.0. The third-order valence-electron chi connectivity index (χ3n) is 3.73. The van der Waals surface area contributed by atoms with Gasteiger partial charge in [0.25, 0.3) is 5.91 Å². The number of halogens is 1. The summed E-state index contributed by atoms with van der Waals surface area (Å²) >= 11 is 1.20. The van der Waals surface area contributed by atoms with E-state index in [1.54, 1.807) is 28.8 Å². The van der Waals surface area contributed by atoms with Crippen LogP contribution in [0, 0.1) is 18.2 Å². The van der Waals surface area contributed by atoms with Crippen LogP contribution in [0.15, 0.2) is 41.4 Å². The summed E-state index contributed by atoms with van der Waals surface area (Å²) in [6, 6.07) is 9.21. The fourth-order valence-corrected chi connectivity index (χ4v) is 3.55. The highest BCUT2D eigenvalue weighted by atomic mass is 32.1. The molecule has 132 valence electrons. The number of amides is 1. The van der Waals surface area contributed by atoms with Gasteiger partial charge in [-0.15, -0.1) is 6.42 Å². The summed E-state index contributed by atoms with van der Waals surface area (Å²) in [7, 11) is 2.99. The first kappa shape index (κ1) is 17.7. The fraction of sp³-hybridized carbons (Fsp3) is 0.158. The Morgan fingerprint density at radius 3 is 2.77 bits per heavy atom. The van der Waals surface area contributed by atoms with E-state index in [0.717, 1.165) is 5.52 Å². The van der Waals surface area contributed by atoms with Gasteiger partial charge in [-0.1, -0.05) is 17.3 Å². The van der Waals surface area contributed by atoms with Crippen LogP contribution in [0.2, 0.25) is 0 Å². The van der Waals surface area contributed by atoms with Crippen LogP contribution in [0.5, 0.6) is 11.5 Å². The van der Waals surface area contributed by atoms with Crippen LogP contribution in [0.1, 0.15) is 10.4 Å². The number of aromatic nitrogens is 1. The molecule has 5 nitrogen and oxygen atoms in total. The number of carbonyl (C=O) groups excluding carboxylic acids is 1. The molecule has 1 heterocycles. The quantitative estimate of drug-likeness (QED) is 0.663. The SMILES string of the molecule is C#CCn1c(=NC(=O)c2ccc(OC)cc2OC)sc2cc(F)ccc21. The van der Waals surface area contributed by atoms with Crippen molar-refractivity contribution < 1.29 is 18.7 Å². The summed E-state index contributed by atoms with van der Waals surface area (Å²) in [6.07, 6.45) is 5.43. The van der Waals surface area contributed by atoms with Gasteiger partial charge >= 0.3 is 0 Å². The summed E-state index contributed by atoms with van der Waals surface area (Å²) in [6.45, 7) is 0.220. The number of benzene rings is 2. The summed E-state index contributed by atoms with van der Waals surface area (Å²) in [4.78, 5) is 17.3. The first-order valence-electron chi connectivity index (χ1n) is 7.61. The molecule has 7 heteroatoms. The van der Waals surface area contributed by atoms with E-state index in [4.69, 9.17) is 15.9 Å². The number of thiazole rings is 1. The Hall–Kier alpha value is -3.11.